The Balaban J connectivity index is 2.01. The second-order valence-electron chi connectivity index (χ2n) is 6.41. The van der Waals surface area contributed by atoms with Crippen molar-refractivity contribution >= 4 is 23.0 Å². The molecule has 2 aromatic rings. The van der Waals surface area contributed by atoms with Gasteiger partial charge in [0, 0.05) is 30.8 Å². The number of fused-ring (bicyclic) bond motifs is 1. The molecular weight excluding hydrogens is 346 g/mol. The molecular formula is C20H23N3O4. The maximum absolute atomic E-state index is 13.2. The first-order valence-corrected chi connectivity index (χ1v) is 9.06. The van der Waals surface area contributed by atoms with E-state index >= 15 is 0 Å². The van der Waals surface area contributed by atoms with Gasteiger partial charge in [-0.15, -0.1) is 0 Å². The van der Waals surface area contributed by atoms with Crippen LogP contribution in [0.25, 0.3) is 0 Å². The fourth-order valence-corrected chi connectivity index (χ4v) is 3.53. The Morgan fingerprint density at radius 2 is 1.93 bits per heavy atom. The van der Waals surface area contributed by atoms with Gasteiger partial charge in [-0.2, -0.15) is 0 Å². The van der Waals surface area contributed by atoms with E-state index in [1.165, 1.54) is 12.1 Å². The molecule has 1 atom stereocenters. The van der Waals surface area contributed by atoms with Gasteiger partial charge < -0.3 is 14.5 Å². The molecule has 3 rings (SSSR count). The molecule has 0 aromatic heterocycles. The molecule has 0 N–H and O–H groups in total. The lowest BCUT2D eigenvalue weighted by molar-refractivity contribution is -0.385. The van der Waals surface area contributed by atoms with Gasteiger partial charge in [0.2, 0.25) is 0 Å². The van der Waals surface area contributed by atoms with Crippen molar-refractivity contribution in [3.05, 3.63) is 58.1 Å². The van der Waals surface area contributed by atoms with Crippen molar-refractivity contribution in [1.82, 2.24) is 0 Å². The number of nitro benzene ring substituents is 1. The van der Waals surface area contributed by atoms with Crippen molar-refractivity contribution in [3.8, 4) is 5.75 Å². The van der Waals surface area contributed by atoms with Crippen molar-refractivity contribution in [2.24, 2.45) is 0 Å². The van der Waals surface area contributed by atoms with E-state index in [0.29, 0.717) is 13.2 Å². The standard InChI is InChI=1S/C20H23N3O4/c1-4-21-14(3)13-22(17-9-7-6-8-16(17)21)20(24)15-10-11-19(27-5-2)18(12-15)23(25)26/h6-12,14H,4-5,13H2,1-3H3. The molecule has 0 saturated heterocycles. The number of hydrogen-bond acceptors (Lipinski definition) is 5. The highest BCUT2D eigenvalue weighted by Crippen LogP contribution is 2.36. The molecule has 1 amide bonds. The molecule has 0 saturated carbocycles. The lowest BCUT2D eigenvalue weighted by Crippen LogP contribution is -2.49. The van der Waals surface area contributed by atoms with Gasteiger partial charge in [-0.3, -0.25) is 14.9 Å². The van der Waals surface area contributed by atoms with Crippen molar-refractivity contribution in [3.63, 3.8) is 0 Å². The van der Waals surface area contributed by atoms with Crippen LogP contribution in [0.2, 0.25) is 0 Å². The van der Waals surface area contributed by atoms with Gasteiger partial charge in [0.15, 0.2) is 5.75 Å². The molecule has 1 aliphatic heterocycles. The summed E-state index contributed by atoms with van der Waals surface area (Å²) in [6.07, 6.45) is 0. The summed E-state index contributed by atoms with van der Waals surface area (Å²) in [5, 5.41) is 11.4. The predicted molar refractivity (Wildman–Crippen MR) is 105 cm³/mol. The largest absolute Gasteiger partial charge is 0.487 e. The smallest absolute Gasteiger partial charge is 0.311 e. The number of hydrogen-bond donors (Lipinski definition) is 0. The van der Waals surface area contributed by atoms with Crippen LogP contribution in [0, 0.1) is 10.1 Å². The zero-order valence-corrected chi connectivity index (χ0v) is 15.7. The van der Waals surface area contributed by atoms with Crippen molar-refractivity contribution in [2.75, 3.05) is 29.5 Å². The number of nitrogens with zero attached hydrogens (tertiary/aromatic N) is 3. The molecule has 0 aliphatic carbocycles. The SMILES string of the molecule is CCOc1ccc(C(=O)N2CC(C)N(CC)c3ccccc32)cc1[N+](=O)[O-]. The third-order valence-corrected chi connectivity index (χ3v) is 4.75. The molecule has 1 unspecified atom stereocenters. The number of carbonyl (C=O) groups excluding carboxylic acids is 1. The van der Waals surface area contributed by atoms with Crippen LogP contribution in [-0.4, -0.2) is 36.6 Å². The fourth-order valence-electron chi connectivity index (χ4n) is 3.53. The van der Waals surface area contributed by atoms with Crippen LogP contribution in [0.5, 0.6) is 5.75 Å². The van der Waals surface area contributed by atoms with Crippen LogP contribution in [0.1, 0.15) is 31.1 Å². The second kappa shape index (κ2) is 7.65. The van der Waals surface area contributed by atoms with Gasteiger partial charge >= 0.3 is 5.69 Å². The molecule has 0 fully saturated rings. The van der Waals surface area contributed by atoms with E-state index in [1.807, 2.05) is 24.3 Å². The van der Waals surface area contributed by atoms with Crippen LogP contribution in [-0.2, 0) is 0 Å². The van der Waals surface area contributed by atoms with Crippen molar-refractivity contribution in [1.29, 1.82) is 0 Å². The summed E-state index contributed by atoms with van der Waals surface area (Å²) >= 11 is 0. The Labute approximate surface area is 158 Å². The number of anilines is 2. The lowest BCUT2D eigenvalue weighted by atomic mass is 10.1. The molecule has 0 bridgehead atoms. The molecule has 2 aromatic carbocycles. The minimum Gasteiger partial charge on any atom is -0.487 e. The Morgan fingerprint density at radius 3 is 2.56 bits per heavy atom. The average Bonchev–Trinajstić information content (AvgIpc) is 2.67. The fraction of sp³-hybridized carbons (Fsp3) is 0.350. The summed E-state index contributed by atoms with van der Waals surface area (Å²) in [5.74, 6) is -0.0835. The Bertz CT molecular complexity index is 868. The van der Waals surface area contributed by atoms with Crippen LogP contribution in [0.3, 0.4) is 0 Å². The topological polar surface area (TPSA) is 75.9 Å². The van der Waals surface area contributed by atoms with Crippen molar-refractivity contribution < 1.29 is 14.5 Å². The van der Waals surface area contributed by atoms with Gasteiger partial charge in [0.25, 0.3) is 5.91 Å². The van der Waals surface area contributed by atoms with Gasteiger partial charge in [-0.25, -0.2) is 0 Å². The minimum absolute atomic E-state index is 0.145. The van der Waals surface area contributed by atoms with Crippen LogP contribution in [0.4, 0.5) is 17.1 Å². The maximum Gasteiger partial charge on any atom is 0.311 e. The normalized spacial score (nSPS) is 16.0. The first-order valence-electron chi connectivity index (χ1n) is 9.06. The van der Waals surface area contributed by atoms with E-state index in [9.17, 15) is 14.9 Å². The Morgan fingerprint density at radius 1 is 1.22 bits per heavy atom. The summed E-state index contributed by atoms with van der Waals surface area (Å²) in [4.78, 5) is 28.0. The number of likely N-dealkylation sites (N-methyl/N-ethyl adjacent to an activating group) is 1. The molecule has 0 spiro atoms. The third-order valence-electron chi connectivity index (χ3n) is 4.75. The molecule has 0 radical (unpaired) electrons. The molecule has 1 heterocycles. The maximum atomic E-state index is 13.2. The zero-order valence-electron chi connectivity index (χ0n) is 15.7. The third kappa shape index (κ3) is 3.45. The number of rotatable bonds is 5. The van der Waals surface area contributed by atoms with E-state index in [2.05, 4.69) is 18.7 Å². The second-order valence-corrected chi connectivity index (χ2v) is 6.41. The molecule has 142 valence electrons. The van der Waals surface area contributed by atoms with Gasteiger partial charge in [-0.05, 0) is 45.0 Å². The first-order chi connectivity index (χ1) is 13.0. The number of para-hydroxylation sites is 2. The van der Waals surface area contributed by atoms with E-state index < -0.39 is 4.92 Å². The summed E-state index contributed by atoms with van der Waals surface area (Å²) < 4.78 is 5.31. The predicted octanol–water partition coefficient (Wildman–Crippen LogP) is 3.87. The average molecular weight is 369 g/mol. The van der Waals surface area contributed by atoms with E-state index in [0.717, 1.165) is 17.9 Å². The number of carbonyl (C=O) groups is 1. The van der Waals surface area contributed by atoms with Crippen molar-refractivity contribution in [2.45, 2.75) is 26.8 Å². The lowest BCUT2D eigenvalue weighted by Gasteiger charge is -2.42. The van der Waals surface area contributed by atoms with Crippen LogP contribution >= 0.6 is 0 Å². The number of nitro groups is 1. The van der Waals surface area contributed by atoms with E-state index in [-0.39, 0.29) is 28.9 Å². The molecule has 7 nitrogen and oxygen atoms in total. The van der Waals surface area contributed by atoms with Gasteiger partial charge in [-0.1, -0.05) is 12.1 Å². The number of benzene rings is 2. The summed E-state index contributed by atoms with van der Waals surface area (Å²) in [6, 6.07) is 12.3. The highest BCUT2D eigenvalue weighted by atomic mass is 16.6. The quantitative estimate of drug-likeness (QED) is 0.591. The van der Waals surface area contributed by atoms with Crippen LogP contribution < -0.4 is 14.5 Å². The molecule has 1 aliphatic rings. The summed E-state index contributed by atoms with van der Waals surface area (Å²) in [6.45, 7) is 7.59. The van der Waals surface area contributed by atoms with E-state index in [1.54, 1.807) is 17.9 Å². The molecule has 27 heavy (non-hydrogen) atoms. The molecule has 7 heteroatoms. The monoisotopic (exact) mass is 369 g/mol. The zero-order chi connectivity index (χ0) is 19.6. The van der Waals surface area contributed by atoms with Crippen LogP contribution in [0.15, 0.2) is 42.5 Å². The Kier molecular flexibility index (Phi) is 5.30. The van der Waals surface area contributed by atoms with Gasteiger partial charge in [0.1, 0.15) is 0 Å². The van der Waals surface area contributed by atoms with E-state index in [4.69, 9.17) is 4.74 Å². The number of amides is 1. The first kappa shape index (κ1) is 18.7. The van der Waals surface area contributed by atoms with Gasteiger partial charge in [0.05, 0.1) is 22.9 Å². The Hall–Kier alpha value is -3.09. The summed E-state index contributed by atoms with van der Waals surface area (Å²) in [5.41, 5.74) is 1.89. The minimum atomic E-state index is -0.520. The number of ether oxygens (including phenoxy) is 1. The summed E-state index contributed by atoms with van der Waals surface area (Å²) in [7, 11) is 0. The highest BCUT2D eigenvalue weighted by Gasteiger charge is 2.31. The highest BCUT2D eigenvalue weighted by molar-refractivity contribution is 6.09.